The average molecular weight is 340 g/mol. The molecule has 2 nitrogen and oxygen atoms in total. The molecule has 0 aliphatic heterocycles. The predicted molar refractivity (Wildman–Crippen MR) is 76.9 cm³/mol. The van der Waals surface area contributed by atoms with Crippen LogP contribution in [0, 0.1) is 0 Å². The Kier molecular flexibility index (Phi) is 5.97. The number of sulfone groups is 1. The van der Waals surface area contributed by atoms with E-state index in [0.717, 1.165) is 22.3 Å². The number of hydrogen-bond donors (Lipinski definition) is 0. The van der Waals surface area contributed by atoms with Gasteiger partial charge in [-0.25, -0.2) is 8.42 Å². The van der Waals surface area contributed by atoms with Gasteiger partial charge in [-0.15, -0.1) is 0 Å². The van der Waals surface area contributed by atoms with Crippen molar-refractivity contribution in [2.24, 2.45) is 0 Å². The summed E-state index contributed by atoms with van der Waals surface area (Å²) >= 11 is 9.41. The fraction of sp³-hybridized carbons (Fsp3) is 0.500. The summed E-state index contributed by atoms with van der Waals surface area (Å²) in [4.78, 5) is 0. The van der Waals surface area contributed by atoms with Crippen LogP contribution in [0.4, 0.5) is 0 Å². The highest BCUT2D eigenvalue weighted by Gasteiger charge is 2.12. The van der Waals surface area contributed by atoms with Crippen LogP contribution in [0.5, 0.6) is 0 Å². The first-order valence-electron chi connectivity index (χ1n) is 5.41. The summed E-state index contributed by atoms with van der Waals surface area (Å²) in [6.45, 7) is 0. The first-order valence-corrected chi connectivity index (χ1v) is 8.97. The predicted octanol–water partition coefficient (Wildman–Crippen LogP) is 3.64. The van der Waals surface area contributed by atoms with Crippen molar-refractivity contribution in [2.75, 3.05) is 17.3 Å². The van der Waals surface area contributed by atoms with E-state index in [-0.39, 0.29) is 5.75 Å². The first-order chi connectivity index (χ1) is 7.92. The summed E-state index contributed by atoms with van der Waals surface area (Å²) in [5.74, 6) is 0.562. The van der Waals surface area contributed by atoms with Gasteiger partial charge in [0, 0.05) is 22.4 Å². The van der Waals surface area contributed by atoms with Gasteiger partial charge in [0.2, 0.25) is 0 Å². The largest absolute Gasteiger partial charge is 0.229 e. The SMILES string of the molecule is CS(=O)(=O)CCCC(CBr)c1cccc(Cl)c1. The summed E-state index contributed by atoms with van der Waals surface area (Å²) in [6.07, 6.45) is 2.80. The van der Waals surface area contributed by atoms with Crippen molar-refractivity contribution >= 4 is 37.4 Å². The van der Waals surface area contributed by atoms with Crippen molar-refractivity contribution in [3.8, 4) is 0 Å². The zero-order valence-electron chi connectivity index (χ0n) is 9.70. The van der Waals surface area contributed by atoms with Crippen LogP contribution < -0.4 is 0 Å². The van der Waals surface area contributed by atoms with Crippen molar-refractivity contribution in [1.29, 1.82) is 0 Å². The molecule has 96 valence electrons. The van der Waals surface area contributed by atoms with Gasteiger partial charge in [-0.1, -0.05) is 39.7 Å². The molecular weight excluding hydrogens is 324 g/mol. The van der Waals surface area contributed by atoms with Gasteiger partial charge in [0.1, 0.15) is 9.84 Å². The van der Waals surface area contributed by atoms with Crippen molar-refractivity contribution in [2.45, 2.75) is 18.8 Å². The van der Waals surface area contributed by atoms with Crippen LogP contribution in [0.3, 0.4) is 0 Å². The molecule has 0 aliphatic rings. The van der Waals surface area contributed by atoms with Crippen LogP contribution in [0.2, 0.25) is 5.02 Å². The molecule has 0 fully saturated rings. The number of benzene rings is 1. The van der Waals surface area contributed by atoms with E-state index in [1.165, 1.54) is 6.26 Å². The Morgan fingerprint density at radius 2 is 2.12 bits per heavy atom. The Labute approximate surface area is 116 Å². The average Bonchev–Trinajstić information content (AvgIpc) is 2.23. The second-order valence-corrected chi connectivity index (χ2v) is 7.52. The van der Waals surface area contributed by atoms with Gasteiger partial charge < -0.3 is 0 Å². The molecule has 0 aliphatic carbocycles. The molecule has 5 heteroatoms. The van der Waals surface area contributed by atoms with Crippen molar-refractivity contribution in [3.05, 3.63) is 34.9 Å². The maximum atomic E-state index is 11.1. The lowest BCUT2D eigenvalue weighted by atomic mass is 9.97. The molecular formula is C12H16BrClO2S. The van der Waals surface area contributed by atoms with Crippen LogP contribution in [-0.2, 0) is 9.84 Å². The first kappa shape index (κ1) is 15.0. The Morgan fingerprint density at radius 1 is 1.41 bits per heavy atom. The topological polar surface area (TPSA) is 34.1 Å². The molecule has 1 aromatic carbocycles. The van der Waals surface area contributed by atoms with E-state index in [1.807, 2.05) is 24.3 Å². The van der Waals surface area contributed by atoms with Crippen LogP contribution in [-0.4, -0.2) is 25.8 Å². The third-order valence-corrected chi connectivity index (χ3v) is 4.62. The zero-order chi connectivity index (χ0) is 12.9. The molecule has 0 saturated heterocycles. The van der Waals surface area contributed by atoms with Gasteiger partial charge in [-0.3, -0.25) is 0 Å². The normalized spacial score (nSPS) is 13.6. The minimum Gasteiger partial charge on any atom is -0.229 e. The Morgan fingerprint density at radius 3 is 2.65 bits per heavy atom. The lowest BCUT2D eigenvalue weighted by Gasteiger charge is -2.14. The highest BCUT2D eigenvalue weighted by molar-refractivity contribution is 9.09. The maximum absolute atomic E-state index is 11.1. The minimum atomic E-state index is -2.86. The summed E-state index contributed by atoms with van der Waals surface area (Å²) in [5, 5.41) is 1.54. The molecule has 0 aromatic heterocycles. The van der Waals surface area contributed by atoms with Crippen molar-refractivity contribution in [1.82, 2.24) is 0 Å². The molecule has 0 radical (unpaired) electrons. The Balaban J connectivity index is 2.60. The second kappa shape index (κ2) is 6.76. The maximum Gasteiger partial charge on any atom is 0.147 e. The molecule has 0 amide bonds. The fourth-order valence-electron chi connectivity index (χ4n) is 1.69. The highest BCUT2D eigenvalue weighted by Crippen LogP contribution is 2.25. The number of hydrogen-bond acceptors (Lipinski definition) is 2. The van der Waals surface area contributed by atoms with E-state index in [2.05, 4.69) is 15.9 Å². The van der Waals surface area contributed by atoms with Gasteiger partial charge in [0.25, 0.3) is 0 Å². The second-order valence-electron chi connectivity index (χ2n) is 4.18. The van der Waals surface area contributed by atoms with Crippen LogP contribution in [0.1, 0.15) is 24.3 Å². The summed E-state index contributed by atoms with van der Waals surface area (Å²) in [5.41, 5.74) is 1.16. The quantitative estimate of drug-likeness (QED) is 0.741. The fourth-order valence-corrected chi connectivity index (χ4v) is 3.27. The number of halogens is 2. The van der Waals surface area contributed by atoms with Gasteiger partial charge in [0.05, 0.1) is 0 Å². The number of rotatable bonds is 6. The van der Waals surface area contributed by atoms with Crippen LogP contribution in [0.15, 0.2) is 24.3 Å². The molecule has 0 spiro atoms. The molecule has 0 N–H and O–H groups in total. The smallest absolute Gasteiger partial charge is 0.147 e. The minimum absolute atomic E-state index is 0.247. The lowest BCUT2D eigenvalue weighted by molar-refractivity contribution is 0.592. The lowest BCUT2D eigenvalue weighted by Crippen LogP contribution is -2.07. The summed E-state index contributed by atoms with van der Waals surface area (Å²) in [7, 11) is -2.86. The molecule has 1 atom stereocenters. The van der Waals surface area contributed by atoms with Gasteiger partial charge in [0.15, 0.2) is 0 Å². The highest BCUT2D eigenvalue weighted by atomic mass is 79.9. The van der Waals surface area contributed by atoms with E-state index >= 15 is 0 Å². The van der Waals surface area contributed by atoms with Crippen molar-refractivity contribution in [3.63, 3.8) is 0 Å². The molecule has 0 saturated carbocycles. The van der Waals surface area contributed by atoms with E-state index in [1.54, 1.807) is 0 Å². The third-order valence-electron chi connectivity index (χ3n) is 2.57. The molecule has 0 heterocycles. The number of alkyl halides is 1. The van der Waals surface area contributed by atoms with E-state index in [0.29, 0.717) is 12.3 Å². The monoisotopic (exact) mass is 338 g/mol. The summed E-state index contributed by atoms with van der Waals surface area (Å²) in [6, 6.07) is 7.73. The zero-order valence-corrected chi connectivity index (χ0v) is 12.9. The standard InChI is InChI=1S/C12H16BrClO2S/c1-17(15,16)7-3-5-11(9-13)10-4-2-6-12(14)8-10/h2,4,6,8,11H,3,5,7,9H2,1H3. The van der Waals surface area contributed by atoms with Crippen molar-refractivity contribution < 1.29 is 8.42 Å². The van der Waals surface area contributed by atoms with E-state index in [9.17, 15) is 8.42 Å². The molecule has 0 bridgehead atoms. The molecule has 1 unspecified atom stereocenters. The van der Waals surface area contributed by atoms with Gasteiger partial charge in [-0.05, 0) is 36.5 Å². The van der Waals surface area contributed by atoms with Gasteiger partial charge >= 0.3 is 0 Å². The van der Waals surface area contributed by atoms with Crippen LogP contribution >= 0.6 is 27.5 Å². The molecule has 17 heavy (non-hydrogen) atoms. The van der Waals surface area contributed by atoms with Gasteiger partial charge in [-0.2, -0.15) is 0 Å². The van der Waals surface area contributed by atoms with E-state index in [4.69, 9.17) is 11.6 Å². The summed E-state index contributed by atoms with van der Waals surface area (Å²) < 4.78 is 22.1. The van der Waals surface area contributed by atoms with E-state index < -0.39 is 9.84 Å². The van der Waals surface area contributed by atoms with Crippen LogP contribution in [0.25, 0.3) is 0 Å². The molecule has 1 rings (SSSR count). The Bertz CT molecular complexity index is 459. The Hall–Kier alpha value is -0.0600. The molecule has 1 aromatic rings. The third kappa shape index (κ3) is 5.89.